The molecule has 0 saturated carbocycles. The Morgan fingerprint density at radius 2 is 2.29 bits per heavy atom. The fourth-order valence-electron chi connectivity index (χ4n) is 1.52. The van der Waals surface area contributed by atoms with Crippen LogP contribution in [-0.2, 0) is 0 Å². The van der Waals surface area contributed by atoms with Crippen LogP contribution >= 0.6 is 11.3 Å². The Morgan fingerprint density at radius 1 is 1.50 bits per heavy atom. The number of nitrogens with one attached hydrogen (secondary N) is 1. The highest BCUT2D eigenvalue weighted by Crippen LogP contribution is 2.24. The van der Waals surface area contributed by atoms with E-state index in [0.717, 1.165) is 12.8 Å². The van der Waals surface area contributed by atoms with Gasteiger partial charge in [0.2, 0.25) is 0 Å². The van der Waals surface area contributed by atoms with E-state index in [2.05, 4.69) is 34.8 Å². The summed E-state index contributed by atoms with van der Waals surface area (Å²) in [7, 11) is 2.02. The number of hydrogen-bond donors (Lipinski definition) is 1. The molecule has 0 aliphatic carbocycles. The van der Waals surface area contributed by atoms with E-state index in [1.807, 2.05) is 14.0 Å². The van der Waals surface area contributed by atoms with Gasteiger partial charge in [-0.2, -0.15) is 11.3 Å². The van der Waals surface area contributed by atoms with Crippen molar-refractivity contribution in [1.82, 2.24) is 5.32 Å². The fraction of sp³-hybridized carbons (Fsp3) is 0.500. The number of rotatable bonds is 4. The lowest BCUT2D eigenvalue weighted by Crippen LogP contribution is -2.16. The largest absolute Gasteiger partial charge is 0.313 e. The van der Waals surface area contributed by atoms with Crippen molar-refractivity contribution in [2.75, 3.05) is 7.05 Å². The van der Waals surface area contributed by atoms with Gasteiger partial charge in [-0.3, -0.25) is 0 Å². The molecule has 1 nitrogen and oxygen atoms in total. The van der Waals surface area contributed by atoms with Gasteiger partial charge in [0.1, 0.15) is 0 Å². The van der Waals surface area contributed by atoms with Gasteiger partial charge >= 0.3 is 0 Å². The maximum atomic E-state index is 3.34. The lowest BCUT2D eigenvalue weighted by molar-refractivity contribution is 0.557. The minimum absolute atomic E-state index is 0.460. The van der Waals surface area contributed by atoms with Crippen LogP contribution in [0.2, 0.25) is 0 Å². The van der Waals surface area contributed by atoms with E-state index in [4.69, 9.17) is 0 Å². The van der Waals surface area contributed by atoms with Crippen LogP contribution in [-0.4, -0.2) is 7.05 Å². The highest BCUT2D eigenvalue weighted by atomic mass is 32.1. The molecule has 14 heavy (non-hydrogen) atoms. The third-order valence-electron chi connectivity index (χ3n) is 2.35. The first-order chi connectivity index (χ1) is 6.79. The van der Waals surface area contributed by atoms with Crippen molar-refractivity contribution in [3.8, 4) is 11.8 Å². The zero-order valence-corrected chi connectivity index (χ0v) is 9.87. The first-order valence-electron chi connectivity index (χ1n) is 4.89. The van der Waals surface area contributed by atoms with E-state index in [0.29, 0.717) is 6.04 Å². The third kappa shape index (κ3) is 2.87. The molecular formula is C12H17NS. The summed E-state index contributed by atoms with van der Waals surface area (Å²) >= 11 is 1.77. The van der Waals surface area contributed by atoms with Crippen LogP contribution in [0.3, 0.4) is 0 Å². The molecule has 1 N–H and O–H groups in total. The molecule has 1 aromatic heterocycles. The maximum Gasteiger partial charge on any atom is 0.0337 e. The van der Waals surface area contributed by atoms with Crippen LogP contribution in [0.1, 0.15) is 36.9 Å². The lowest BCUT2D eigenvalue weighted by atomic mass is 10.0. The fourth-order valence-corrected chi connectivity index (χ4v) is 2.43. The quantitative estimate of drug-likeness (QED) is 0.748. The molecule has 0 aromatic carbocycles. The molecule has 0 aliphatic heterocycles. The van der Waals surface area contributed by atoms with Crippen molar-refractivity contribution in [2.45, 2.75) is 32.7 Å². The van der Waals surface area contributed by atoms with Crippen LogP contribution in [0.5, 0.6) is 0 Å². The Bertz CT molecular complexity index is 330. The summed E-state index contributed by atoms with van der Waals surface area (Å²) in [5.74, 6) is 6.04. The number of aryl methyl sites for hydroxylation is 1. The lowest BCUT2D eigenvalue weighted by Gasteiger charge is -2.14. The predicted octanol–water partition coefficient (Wildman–Crippen LogP) is 3.12. The van der Waals surface area contributed by atoms with E-state index < -0.39 is 0 Å². The standard InChI is InChI=1S/C12H17NS/c1-4-5-6-7-12(13-3)11-9-14-8-10(11)2/h8-9,12-13H,6-7H2,1-3H3. The van der Waals surface area contributed by atoms with Gasteiger partial charge in [-0.25, -0.2) is 0 Å². The van der Waals surface area contributed by atoms with E-state index in [9.17, 15) is 0 Å². The molecule has 1 rings (SSSR count). The second-order valence-corrected chi connectivity index (χ2v) is 4.06. The molecule has 0 saturated heterocycles. The molecule has 2 heteroatoms. The van der Waals surface area contributed by atoms with Crippen LogP contribution in [0.4, 0.5) is 0 Å². The highest BCUT2D eigenvalue weighted by Gasteiger charge is 2.11. The van der Waals surface area contributed by atoms with Crippen LogP contribution in [0.25, 0.3) is 0 Å². The van der Waals surface area contributed by atoms with Gasteiger partial charge in [-0.1, -0.05) is 0 Å². The van der Waals surface area contributed by atoms with Gasteiger partial charge in [0, 0.05) is 12.5 Å². The Kier molecular flexibility index (Phi) is 4.72. The topological polar surface area (TPSA) is 12.0 Å². The molecule has 1 unspecified atom stereocenters. The summed E-state index contributed by atoms with van der Waals surface area (Å²) in [4.78, 5) is 0. The molecular weight excluding hydrogens is 190 g/mol. The Morgan fingerprint density at radius 3 is 2.79 bits per heavy atom. The summed E-state index contributed by atoms with van der Waals surface area (Å²) < 4.78 is 0. The summed E-state index contributed by atoms with van der Waals surface area (Å²) in [6.07, 6.45) is 2.06. The summed E-state index contributed by atoms with van der Waals surface area (Å²) in [5.41, 5.74) is 2.81. The average Bonchev–Trinajstić information content (AvgIpc) is 2.60. The molecule has 1 aromatic rings. The molecule has 0 amide bonds. The third-order valence-corrected chi connectivity index (χ3v) is 3.23. The number of hydrogen-bond acceptors (Lipinski definition) is 2. The molecule has 1 atom stereocenters. The first kappa shape index (κ1) is 11.3. The van der Waals surface area contributed by atoms with E-state index >= 15 is 0 Å². The summed E-state index contributed by atoms with van der Waals surface area (Å²) in [6.45, 7) is 4.06. The highest BCUT2D eigenvalue weighted by molar-refractivity contribution is 7.08. The van der Waals surface area contributed by atoms with Gasteiger partial charge in [-0.15, -0.1) is 11.8 Å². The zero-order chi connectivity index (χ0) is 10.4. The van der Waals surface area contributed by atoms with Crippen molar-refractivity contribution < 1.29 is 0 Å². The average molecular weight is 207 g/mol. The molecule has 0 radical (unpaired) electrons. The Hall–Kier alpha value is -0.780. The van der Waals surface area contributed by atoms with Crippen molar-refractivity contribution in [3.63, 3.8) is 0 Å². The van der Waals surface area contributed by atoms with Crippen LogP contribution in [0, 0.1) is 18.8 Å². The summed E-state index contributed by atoms with van der Waals surface area (Å²) in [6, 6.07) is 0.460. The molecule has 1 heterocycles. The van der Waals surface area contributed by atoms with Crippen molar-refractivity contribution in [2.24, 2.45) is 0 Å². The van der Waals surface area contributed by atoms with Gasteiger partial charge < -0.3 is 5.32 Å². The molecule has 0 aliphatic rings. The van der Waals surface area contributed by atoms with Gasteiger partial charge in [-0.05, 0) is 49.2 Å². The molecule has 0 fully saturated rings. The van der Waals surface area contributed by atoms with Crippen molar-refractivity contribution >= 4 is 11.3 Å². The number of thiophene rings is 1. The Labute approximate surface area is 90.5 Å². The van der Waals surface area contributed by atoms with E-state index in [1.165, 1.54) is 11.1 Å². The SMILES string of the molecule is CC#CCCC(NC)c1cscc1C. The van der Waals surface area contributed by atoms with Gasteiger partial charge in [0.15, 0.2) is 0 Å². The van der Waals surface area contributed by atoms with E-state index in [1.54, 1.807) is 11.3 Å². The molecule has 0 bridgehead atoms. The maximum absolute atomic E-state index is 3.34. The van der Waals surface area contributed by atoms with Crippen molar-refractivity contribution in [3.05, 3.63) is 21.9 Å². The Balaban J connectivity index is 2.61. The van der Waals surface area contributed by atoms with E-state index in [-0.39, 0.29) is 0 Å². The minimum atomic E-state index is 0.460. The smallest absolute Gasteiger partial charge is 0.0337 e. The first-order valence-corrected chi connectivity index (χ1v) is 5.83. The molecule has 0 spiro atoms. The van der Waals surface area contributed by atoms with Crippen molar-refractivity contribution in [1.29, 1.82) is 0 Å². The van der Waals surface area contributed by atoms with Gasteiger partial charge in [0.05, 0.1) is 0 Å². The monoisotopic (exact) mass is 207 g/mol. The van der Waals surface area contributed by atoms with Crippen LogP contribution in [0.15, 0.2) is 10.8 Å². The predicted molar refractivity (Wildman–Crippen MR) is 63.5 cm³/mol. The van der Waals surface area contributed by atoms with Crippen LogP contribution < -0.4 is 5.32 Å². The second kappa shape index (κ2) is 5.85. The summed E-state index contributed by atoms with van der Waals surface area (Å²) in [5, 5.41) is 7.77. The zero-order valence-electron chi connectivity index (χ0n) is 9.05. The van der Waals surface area contributed by atoms with Gasteiger partial charge in [0.25, 0.3) is 0 Å². The second-order valence-electron chi connectivity index (χ2n) is 3.32. The normalized spacial score (nSPS) is 11.9. The minimum Gasteiger partial charge on any atom is -0.313 e. The molecule has 76 valence electrons.